The molecule has 7 heteroatoms. The van der Waals surface area contributed by atoms with Crippen molar-refractivity contribution in [1.82, 2.24) is 15.1 Å². The Morgan fingerprint density at radius 1 is 1.19 bits per heavy atom. The number of rotatable bonds is 4. The van der Waals surface area contributed by atoms with Crippen molar-refractivity contribution in [3.05, 3.63) is 34.6 Å². The van der Waals surface area contributed by atoms with Crippen LogP contribution in [-0.4, -0.2) is 53.8 Å². The summed E-state index contributed by atoms with van der Waals surface area (Å²) in [6.07, 6.45) is 4.53. The number of piperazine rings is 1. The van der Waals surface area contributed by atoms with E-state index in [-0.39, 0.29) is 24.1 Å². The summed E-state index contributed by atoms with van der Waals surface area (Å²) in [5.41, 5.74) is 0.759. The van der Waals surface area contributed by atoms with Gasteiger partial charge in [-0.15, -0.1) is 0 Å². The first-order valence-corrected chi connectivity index (χ1v) is 9.66. The fourth-order valence-electron chi connectivity index (χ4n) is 3.66. The molecule has 5 nitrogen and oxygen atoms in total. The Hall–Kier alpha value is -1.66. The van der Waals surface area contributed by atoms with E-state index in [2.05, 4.69) is 5.32 Å². The molecule has 1 atom stereocenters. The summed E-state index contributed by atoms with van der Waals surface area (Å²) in [5, 5.41) is 3.19. The zero-order valence-corrected chi connectivity index (χ0v) is 15.6. The maximum absolute atomic E-state index is 13.3. The van der Waals surface area contributed by atoms with E-state index in [1.54, 1.807) is 6.07 Å². The van der Waals surface area contributed by atoms with Gasteiger partial charge in [0.25, 0.3) is 0 Å². The predicted molar refractivity (Wildman–Crippen MR) is 98.3 cm³/mol. The van der Waals surface area contributed by atoms with Gasteiger partial charge in [0.15, 0.2) is 0 Å². The predicted octanol–water partition coefficient (Wildman–Crippen LogP) is 2.57. The van der Waals surface area contributed by atoms with Gasteiger partial charge in [0.05, 0.1) is 12.5 Å². The Labute approximate surface area is 158 Å². The Morgan fingerprint density at radius 2 is 1.92 bits per heavy atom. The van der Waals surface area contributed by atoms with Crippen molar-refractivity contribution in [3.63, 3.8) is 0 Å². The van der Waals surface area contributed by atoms with Crippen molar-refractivity contribution in [2.45, 2.75) is 44.7 Å². The molecule has 3 rings (SSSR count). The first kappa shape index (κ1) is 19.1. The molecule has 1 N–H and O–H groups in total. The highest BCUT2D eigenvalue weighted by atomic mass is 35.5. The number of hydrogen-bond donors (Lipinski definition) is 1. The molecule has 2 aliphatic heterocycles. The Balaban J connectivity index is 1.69. The maximum atomic E-state index is 13.3. The summed E-state index contributed by atoms with van der Waals surface area (Å²) >= 11 is 6.14. The highest BCUT2D eigenvalue weighted by Crippen LogP contribution is 2.22. The van der Waals surface area contributed by atoms with Gasteiger partial charge in [0.1, 0.15) is 5.82 Å². The van der Waals surface area contributed by atoms with Crippen LogP contribution < -0.4 is 5.32 Å². The van der Waals surface area contributed by atoms with Crippen molar-refractivity contribution in [3.8, 4) is 0 Å². The largest absolute Gasteiger partial charge is 0.353 e. The van der Waals surface area contributed by atoms with Gasteiger partial charge < -0.3 is 10.2 Å². The summed E-state index contributed by atoms with van der Waals surface area (Å²) in [6.45, 7) is 3.14. The molecule has 2 fully saturated rings. The molecule has 2 aliphatic rings. The van der Waals surface area contributed by atoms with E-state index in [1.165, 1.54) is 12.1 Å². The normalized spacial score (nSPS) is 22.0. The average Bonchev–Trinajstić information content (AvgIpc) is 2.89. The number of nitrogens with one attached hydrogen (secondary N) is 1. The number of carbonyl (C=O) groups excluding carboxylic acids is 2. The van der Waals surface area contributed by atoms with Crippen LogP contribution in [0.4, 0.5) is 4.39 Å². The molecule has 142 valence electrons. The minimum atomic E-state index is -0.513. The lowest BCUT2D eigenvalue weighted by atomic mass is 10.1. The quantitative estimate of drug-likeness (QED) is 0.872. The van der Waals surface area contributed by atoms with Gasteiger partial charge in [-0.3, -0.25) is 14.5 Å². The molecule has 0 saturated carbocycles. The highest BCUT2D eigenvalue weighted by Gasteiger charge is 2.33. The van der Waals surface area contributed by atoms with Crippen LogP contribution in [0, 0.1) is 5.82 Å². The Kier molecular flexibility index (Phi) is 6.48. The van der Waals surface area contributed by atoms with E-state index < -0.39 is 6.04 Å². The molecule has 1 unspecified atom stereocenters. The molecule has 2 heterocycles. The van der Waals surface area contributed by atoms with Crippen LogP contribution in [0.25, 0.3) is 0 Å². The molecule has 2 saturated heterocycles. The molecule has 1 aromatic rings. The maximum Gasteiger partial charge on any atom is 0.237 e. The zero-order chi connectivity index (χ0) is 18.5. The van der Waals surface area contributed by atoms with Crippen LogP contribution in [0.2, 0.25) is 5.02 Å². The van der Waals surface area contributed by atoms with Gasteiger partial charge in [0, 0.05) is 37.7 Å². The van der Waals surface area contributed by atoms with E-state index in [4.69, 9.17) is 11.6 Å². The van der Waals surface area contributed by atoms with Crippen LogP contribution in [-0.2, 0) is 16.1 Å². The summed E-state index contributed by atoms with van der Waals surface area (Å²) in [7, 11) is 0. The second-order valence-corrected chi connectivity index (χ2v) is 7.42. The van der Waals surface area contributed by atoms with Crippen molar-refractivity contribution in [1.29, 1.82) is 0 Å². The zero-order valence-electron chi connectivity index (χ0n) is 14.8. The smallest absolute Gasteiger partial charge is 0.237 e. The third-order valence-electron chi connectivity index (χ3n) is 5.16. The van der Waals surface area contributed by atoms with E-state index in [9.17, 15) is 14.0 Å². The number of hydrogen-bond acceptors (Lipinski definition) is 3. The molecule has 0 aromatic heterocycles. The molecule has 0 bridgehead atoms. The number of likely N-dealkylation sites (tertiary alicyclic amines) is 1. The lowest BCUT2D eigenvalue weighted by Gasteiger charge is -2.36. The lowest BCUT2D eigenvalue weighted by Crippen LogP contribution is -2.56. The van der Waals surface area contributed by atoms with Gasteiger partial charge in [-0.05, 0) is 30.5 Å². The number of amides is 2. The highest BCUT2D eigenvalue weighted by molar-refractivity contribution is 6.31. The second-order valence-electron chi connectivity index (χ2n) is 7.01. The van der Waals surface area contributed by atoms with Gasteiger partial charge >= 0.3 is 0 Å². The molecule has 0 radical (unpaired) electrons. The van der Waals surface area contributed by atoms with Crippen LogP contribution in [0.1, 0.15) is 37.7 Å². The van der Waals surface area contributed by atoms with Crippen LogP contribution >= 0.6 is 11.6 Å². The second kappa shape index (κ2) is 8.82. The van der Waals surface area contributed by atoms with Crippen molar-refractivity contribution in [2.75, 3.05) is 26.2 Å². The van der Waals surface area contributed by atoms with E-state index in [0.29, 0.717) is 24.7 Å². The molecule has 1 aromatic carbocycles. The molecular formula is C19H25ClFN3O2. The van der Waals surface area contributed by atoms with E-state index >= 15 is 0 Å². The molecule has 0 spiro atoms. The summed E-state index contributed by atoms with van der Waals surface area (Å²) in [6, 6.07) is 3.76. The van der Waals surface area contributed by atoms with E-state index in [0.717, 1.165) is 44.3 Å². The standard InChI is InChI=1S/C19H25ClFN3O2/c20-16-11-15(21)6-5-14(16)13-24-10-7-22-19(26)17(24)12-18(25)23-8-3-1-2-4-9-23/h5-6,11,17H,1-4,7-10,12-13H2,(H,22,26). The third-order valence-corrected chi connectivity index (χ3v) is 5.51. The number of nitrogens with zero attached hydrogens (tertiary/aromatic N) is 2. The Morgan fingerprint density at radius 3 is 2.62 bits per heavy atom. The molecule has 2 amide bonds. The average molecular weight is 382 g/mol. The topological polar surface area (TPSA) is 52.7 Å². The Bertz CT molecular complexity index is 662. The fraction of sp³-hybridized carbons (Fsp3) is 0.579. The van der Waals surface area contributed by atoms with Gasteiger partial charge in [-0.2, -0.15) is 0 Å². The molecule has 26 heavy (non-hydrogen) atoms. The third kappa shape index (κ3) is 4.74. The summed E-state index contributed by atoms with van der Waals surface area (Å²) in [4.78, 5) is 29.0. The first-order valence-electron chi connectivity index (χ1n) is 9.28. The number of halogens is 2. The summed E-state index contributed by atoms with van der Waals surface area (Å²) < 4.78 is 13.3. The SMILES string of the molecule is O=C1NCCN(Cc2ccc(F)cc2Cl)C1CC(=O)N1CCCCCC1. The van der Waals surface area contributed by atoms with Crippen molar-refractivity contribution >= 4 is 23.4 Å². The van der Waals surface area contributed by atoms with Gasteiger partial charge in [-0.25, -0.2) is 4.39 Å². The number of carbonyl (C=O) groups is 2. The minimum Gasteiger partial charge on any atom is -0.353 e. The van der Waals surface area contributed by atoms with Crippen molar-refractivity contribution < 1.29 is 14.0 Å². The lowest BCUT2D eigenvalue weighted by molar-refractivity contribution is -0.139. The van der Waals surface area contributed by atoms with E-state index in [1.807, 2.05) is 9.80 Å². The first-order chi connectivity index (χ1) is 12.5. The van der Waals surface area contributed by atoms with Crippen molar-refractivity contribution in [2.24, 2.45) is 0 Å². The van der Waals surface area contributed by atoms with Crippen LogP contribution in [0.3, 0.4) is 0 Å². The monoisotopic (exact) mass is 381 g/mol. The van der Waals surface area contributed by atoms with Crippen LogP contribution in [0.15, 0.2) is 18.2 Å². The van der Waals surface area contributed by atoms with Crippen LogP contribution in [0.5, 0.6) is 0 Å². The minimum absolute atomic E-state index is 0.0316. The number of benzene rings is 1. The van der Waals surface area contributed by atoms with Gasteiger partial charge in [0.2, 0.25) is 11.8 Å². The summed E-state index contributed by atoms with van der Waals surface area (Å²) in [5.74, 6) is -0.482. The molecule has 0 aliphatic carbocycles. The molecular weight excluding hydrogens is 357 g/mol. The fourth-order valence-corrected chi connectivity index (χ4v) is 3.88. The van der Waals surface area contributed by atoms with Gasteiger partial charge in [-0.1, -0.05) is 30.5 Å².